The van der Waals surface area contributed by atoms with E-state index in [0.29, 0.717) is 19.0 Å². The van der Waals surface area contributed by atoms with Crippen LogP contribution in [0.25, 0.3) is 0 Å². The van der Waals surface area contributed by atoms with Crippen LogP contribution in [0.4, 0.5) is 0 Å². The summed E-state index contributed by atoms with van der Waals surface area (Å²) in [6.07, 6.45) is 0.778. The number of hydrogen-bond donors (Lipinski definition) is 3. The average Bonchev–Trinajstić information content (AvgIpc) is 2.65. The van der Waals surface area contributed by atoms with Gasteiger partial charge in [0, 0.05) is 25.2 Å². The van der Waals surface area contributed by atoms with E-state index in [9.17, 15) is 4.79 Å². The van der Waals surface area contributed by atoms with E-state index in [1.807, 2.05) is 54.6 Å². The van der Waals surface area contributed by atoms with E-state index in [0.717, 1.165) is 22.6 Å². The van der Waals surface area contributed by atoms with Gasteiger partial charge in [-0.1, -0.05) is 60.1 Å². The number of carbonyl (C=O) groups is 1. The number of carbonyl (C=O) groups excluding carboxylic acids is 1. The Bertz CT molecular complexity index is 710. The highest BCUT2D eigenvalue weighted by atomic mass is 127. The van der Waals surface area contributed by atoms with Crippen LogP contribution in [0.3, 0.4) is 0 Å². The summed E-state index contributed by atoms with van der Waals surface area (Å²) in [4.78, 5) is 16.0. The third kappa shape index (κ3) is 8.05. The van der Waals surface area contributed by atoms with E-state index in [1.54, 1.807) is 7.05 Å². The summed E-state index contributed by atoms with van der Waals surface area (Å²) in [7, 11) is 1.67. The predicted octanol–water partition coefficient (Wildman–Crippen LogP) is 2.98. The summed E-state index contributed by atoms with van der Waals surface area (Å²) in [5, 5.41) is 9.80. The number of nitrogens with zero attached hydrogens (tertiary/aromatic N) is 1. The summed E-state index contributed by atoms with van der Waals surface area (Å²) in [5.41, 5.74) is 2.14. The molecule has 0 aliphatic carbocycles. The van der Waals surface area contributed by atoms with E-state index < -0.39 is 0 Å². The number of aliphatic imine (C=N–C) groups is 1. The number of rotatable bonds is 7. The first kappa shape index (κ1) is 22.2. The van der Waals surface area contributed by atoms with Gasteiger partial charge in [-0.2, -0.15) is 0 Å². The van der Waals surface area contributed by atoms with Crippen molar-refractivity contribution in [2.45, 2.75) is 13.0 Å². The molecule has 2 rings (SSSR count). The van der Waals surface area contributed by atoms with Crippen molar-refractivity contribution in [3.05, 3.63) is 70.7 Å². The Kier molecular flexibility index (Phi) is 10.7. The Morgan fingerprint density at radius 3 is 2.38 bits per heavy atom. The van der Waals surface area contributed by atoms with Crippen LogP contribution >= 0.6 is 35.6 Å². The van der Waals surface area contributed by atoms with Gasteiger partial charge in [-0.15, -0.1) is 24.0 Å². The summed E-state index contributed by atoms with van der Waals surface area (Å²) >= 11 is 6.13. The molecular weight excluding hydrogens is 463 g/mol. The lowest BCUT2D eigenvalue weighted by Crippen LogP contribution is -2.43. The van der Waals surface area contributed by atoms with E-state index in [4.69, 9.17) is 11.6 Å². The van der Waals surface area contributed by atoms with Gasteiger partial charge in [0.1, 0.15) is 0 Å². The number of guanidine groups is 1. The molecule has 0 fully saturated rings. The first-order chi connectivity index (χ1) is 12.2. The van der Waals surface area contributed by atoms with Crippen molar-refractivity contribution >= 4 is 47.4 Å². The SMILES string of the molecule is CN=C(NCCc1ccccc1Cl)NCC(=O)NCc1ccccc1.I. The molecule has 3 N–H and O–H groups in total. The van der Waals surface area contributed by atoms with Gasteiger partial charge in [0.25, 0.3) is 0 Å². The zero-order chi connectivity index (χ0) is 17.9. The normalized spacial score (nSPS) is 10.6. The summed E-state index contributed by atoms with van der Waals surface area (Å²) < 4.78 is 0. The molecule has 0 aliphatic heterocycles. The lowest BCUT2D eigenvalue weighted by atomic mass is 10.1. The minimum atomic E-state index is -0.0853. The number of halogens is 2. The molecule has 140 valence electrons. The molecule has 0 spiro atoms. The maximum absolute atomic E-state index is 11.9. The Morgan fingerprint density at radius 1 is 1.00 bits per heavy atom. The Hall–Kier alpha value is -1.80. The van der Waals surface area contributed by atoms with Crippen LogP contribution < -0.4 is 16.0 Å². The van der Waals surface area contributed by atoms with Gasteiger partial charge < -0.3 is 16.0 Å². The molecule has 7 heteroatoms. The maximum atomic E-state index is 11.9. The molecule has 2 aromatic rings. The molecule has 0 aliphatic rings. The van der Waals surface area contributed by atoms with Gasteiger partial charge >= 0.3 is 0 Å². The molecule has 0 atom stereocenters. The molecule has 0 saturated heterocycles. The highest BCUT2D eigenvalue weighted by Crippen LogP contribution is 2.14. The number of hydrogen-bond acceptors (Lipinski definition) is 2. The Balaban J connectivity index is 0.00000338. The zero-order valence-corrected chi connectivity index (χ0v) is 17.8. The van der Waals surface area contributed by atoms with Crippen LogP contribution in [0.15, 0.2) is 59.6 Å². The third-order valence-electron chi connectivity index (χ3n) is 3.62. The van der Waals surface area contributed by atoms with Gasteiger partial charge in [-0.05, 0) is 23.6 Å². The molecule has 0 bridgehead atoms. The van der Waals surface area contributed by atoms with Crippen molar-refractivity contribution in [3.63, 3.8) is 0 Å². The average molecular weight is 487 g/mol. The van der Waals surface area contributed by atoms with Crippen LogP contribution in [0, 0.1) is 0 Å². The van der Waals surface area contributed by atoms with Crippen LogP contribution in [-0.4, -0.2) is 32.0 Å². The van der Waals surface area contributed by atoms with Crippen molar-refractivity contribution < 1.29 is 4.79 Å². The number of nitrogens with one attached hydrogen (secondary N) is 3. The van der Waals surface area contributed by atoms with Crippen LogP contribution in [0.2, 0.25) is 5.02 Å². The van der Waals surface area contributed by atoms with Gasteiger partial charge in [0.15, 0.2) is 5.96 Å². The third-order valence-corrected chi connectivity index (χ3v) is 3.99. The fourth-order valence-electron chi connectivity index (χ4n) is 2.26. The molecule has 0 heterocycles. The maximum Gasteiger partial charge on any atom is 0.239 e. The molecule has 0 unspecified atom stereocenters. The smallest absolute Gasteiger partial charge is 0.239 e. The monoisotopic (exact) mass is 486 g/mol. The molecule has 1 amide bonds. The zero-order valence-electron chi connectivity index (χ0n) is 14.7. The summed E-state index contributed by atoms with van der Waals surface area (Å²) in [6, 6.07) is 17.5. The van der Waals surface area contributed by atoms with Crippen molar-refractivity contribution in [1.29, 1.82) is 0 Å². The molecule has 2 aromatic carbocycles. The molecular formula is C19H24ClIN4O. The Morgan fingerprint density at radius 2 is 1.69 bits per heavy atom. The van der Waals surface area contributed by atoms with Gasteiger partial charge in [-0.3, -0.25) is 9.79 Å². The molecule has 0 saturated carbocycles. The second kappa shape index (κ2) is 12.5. The van der Waals surface area contributed by atoms with Crippen molar-refractivity contribution in [1.82, 2.24) is 16.0 Å². The predicted molar refractivity (Wildman–Crippen MR) is 118 cm³/mol. The van der Waals surface area contributed by atoms with Gasteiger partial charge in [0.05, 0.1) is 6.54 Å². The van der Waals surface area contributed by atoms with E-state index in [2.05, 4.69) is 20.9 Å². The second-order valence-electron chi connectivity index (χ2n) is 5.46. The summed E-state index contributed by atoms with van der Waals surface area (Å²) in [5.74, 6) is 0.500. The standard InChI is InChI=1S/C19H23ClN4O.HI/c1-21-19(22-12-11-16-9-5-6-10-17(16)20)24-14-18(25)23-13-15-7-3-2-4-8-15;/h2-10H,11-14H2,1H3,(H,23,25)(H2,21,22,24);1H. The van der Waals surface area contributed by atoms with Crippen LogP contribution in [-0.2, 0) is 17.8 Å². The topological polar surface area (TPSA) is 65.5 Å². The molecule has 26 heavy (non-hydrogen) atoms. The fourth-order valence-corrected chi connectivity index (χ4v) is 2.49. The van der Waals surface area contributed by atoms with Crippen molar-refractivity contribution in [3.8, 4) is 0 Å². The van der Waals surface area contributed by atoms with E-state index in [1.165, 1.54) is 0 Å². The first-order valence-electron chi connectivity index (χ1n) is 8.17. The van der Waals surface area contributed by atoms with Gasteiger partial charge in [-0.25, -0.2) is 0 Å². The van der Waals surface area contributed by atoms with Crippen LogP contribution in [0.5, 0.6) is 0 Å². The quantitative estimate of drug-likeness (QED) is 0.320. The lowest BCUT2D eigenvalue weighted by molar-refractivity contribution is -0.120. The minimum absolute atomic E-state index is 0. The Labute approximate surface area is 176 Å². The van der Waals surface area contributed by atoms with Crippen molar-refractivity contribution in [2.75, 3.05) is 20.1 Å². The highest BCUT2D eigenvalue weighted by molar-refractivity contribution is 14.0. The van der Waals surface area contributed by atoms with Crippen LogP contribution in [0.1, 0.15) is 11.1 Å². The molecule has 0 radical (unpaired) electrons. The highest BCUT2D eigenvalue weighted by Gasteiger charge is 2.04. The largest absolute Gasteiger partial charge is 0.356 e. The molecule has 5 nitrogen and oxygen atoms in total. The number of benzene rings is 2. The van der Waals surface area contributed by atoms with E-state index in [-0.39, 0.29) is 36.4 Å². The van der Waals surface area contributed by atoms with Gasteiger partial charge in [0.2, 0.25) is 5.91 Å². The van der Waals surface area contributed by atoms with Crippen molar-refractivity contribution in [2.24, 2.45) is 4.99 Å². The molecule has 0 aromatic heterocycles. The minimum Gasteiger partial charge on any atom is -0.356 e. The number of amides is 1. The second-order valence-corrected chi connectivity index (χ2v) is 5.86. The first-order valence-corrected chi connectivity index (χ1v) is 8.55. The van der Waals surface area contributed by atoms with E-state index >= 15 is 0 Å². The fraction of sp³-hybridized carbons (Fsp3) is 0.263. The summed E-state index contributed by atoms with van der Waals surface area (Å²) in [6.45, 7) is 1.35. The lowest BCUT2D eigenvalue weighted by Gasteiger charge is -2.12.